The van der Waals surface area contributed by atoms with Gasteiger partial charge in [-0.2, -0.15) is 0 Å². The number of rotatable bonds is 2. The Morgan fingerprint density at radius 1 is 1.33 bits per heavy atom. The highest BCUT2D eigenvalue weighted by Crippen LogP contribution is 2.07. The molecule has 0 saturated heterocycles. The zero-order chi connectivity index (χ0) is 9.56. The zero-order valence-electron chi connectivity index (χ0n) is 7.69. The van der Waals surface area contributed by atoms with E-state index in [-0.39, 0.29) is 5.83 Å². The van der Waals surface area contributed by atoms with Crippen LogP contribution in [0.15, 0.2) is 35.2 Å². The molecule has 0 aromatic carbocycles. The minimum atomic E-state index is -0.348. The summed E-state index contributed by atoms with van der Waals surface area (Å²) in [7, 11) is 0. The predicted molar refractivity (Wildman–Crippen MR) is 51.2 cm³/mol. The van der Waals surface area contributed by atoms with E-state index in [0.717, 1.165) is 5.57 Å². The summed E-state index contributed by atoms with van der Waals surface area (Å²) in [5.41, 5.74) is 1.34. The second-order valence-corrected chi connectivity index (χ2v) is 2.48. The summed E-state index contributed by atoms with van der Waals surface area (Å²) in [4.78, 5) is 0. The van der Waals surface area contributed by atoms with Gasteiger partial charge in [0.05, 0.1) is 0 Å². The molecule has 0 aromatic rings. The molecule has 0 unspecified atom stereocenters. The van der Waals surface area contributed by atoms with Crippen LogP contribution < -0.4 is 0 Å². The SMILES string of the molecule is C#C/C(C)=C(F)/C=C\C(C)=C/C. The maximum absolute atomic E-state index is 12.9. The van der Waals surface area contributed by atoms with E-state index in [0.29, 0.717) is 5.57 Å². The van der Waals surface area contributed by atoms with Crippen LogP contribution in [0.25, 0.3) is 0 Å². The van der Waals surface area contributed by atoms with Crippen LogP contribution in [0.3, 0.4) is 0 Å². The molecule has 0 amide bonds. The van der Waals surface area contributed by atoms with Gasteiger partial charge in [0.1, 0.15) is 5.83 Å². The minimum Gasteiger partial charge on any atom is -0.206 e. The highest BCUT2D eigenvalue weighted by molar-refractivity contribution is 5.33. The molecule has 0 fully saturated rings. The Bertz CT molecular complexity index is 272. The first-order valence-corrected chi connectivity index (χ1v) is 3.75. The predicted octanol–water partition coefficient (Wildman–Crippen LogP) is 3.39. The molecule has 0 aliphatic carbocycles. The van der Waals surface area contributed by atoms with Crippen molar-refractivity contribution >= 4 is 0 Å². The van der Waals surface area contributed by atoms with E-state index in [1.54, 1.807) is 13.0 Å². The van der Waals surface area contributed by atoms with Gasteiger partial charge in [-0.15, -0.1) is 6.42 Å². The monoisotopic (exact) mass is 164 g/mol. The van der Waals surface area contributed by atoms with Gasteiger partial charge in [-0.25, -0.2) is 4.39 Å². The van der Waals surface area contributed by atoms with Gasteiger partial charge in [0.25, 0.3) is 0 Å². The third-order valence-corrected chi connectivity index (χ3v) is 1.52. The summed E-state index contributed by atoms with van der Waals surface area (Å²) >= 11 is 0. The summed E-state index contributed by atoms with van der Waals surface area (Å²) in [6.45, 7) is 5.37. The van der Waals surface area contributed by atoms with Gasteiger partial charge in [-0.1, -0.05) is 23.6 Å². The van der Waals surface area contributed by atoms with Crippen molar-refractivity contribution in [3.63, 3.8) is 0 Å². The fourth-order valence-electron chi connectivity index (χ4n) is 0.495. The first kappa shape index (κ1) is 10.7. The third-order valence-electron chi connectivity index (χ3n) is 1.52. The van der Waals surface area contributed by atoms with E-state index in [9.17, 15) is 4.39 Å². The van der Waals surface area contributed by atoms with Crippen molar-refractivity contribution in [3.05, 3.63) is 35.2 Å². The molecule has 1 heteroatoms. The van der Waals surface area contributed by atoms with Gasteiger partial charge in [-0.3, -0.25) is 0 Å². The second-order valence-electron chi connectivity index (χ2n) is 2.48. The van der Waals surface area contributed by atoms with Crippen molar-refractivity contribution in [2.75, 3.05) is 0 Å². The average molecular weight is 164 g/mol. The molecule has 0 aliphatic heterocycles. The molecule has 0 aliphatic rings. The summed E-state index contributed by atoms with van der Waals surface area (Å²) in [5.74, 6) is 1.89. The lowest BCUT2D eigenvalue weighted by Crippen LogP contribution is -1.74. The van der Waals surface area contributed by atoms with Crippen molar-refractivity contribution in [1.29, 1.82) is 0 Å². The third kappa shape index (κ3) is 3.78. The number of hydrogen-bond donors (Lipinski definition) is 0. The van der Waals surface area contributed by atoms with Crippen LogP contribution in [0.5, 0.6) is 0 Å². The quantitative estimate of drug-likeness (QED) is 0.433. The lowest BCUT2D eigenvalue weighted by molar-refractivity contribution is 0.659. The standard InChI is InChI=1S/C11H13F/c1-5-9(3)7-8-11(12)10(4)6-2/h2,5,7-8H,1,3-4H3/b8-7-,9-5-,11-10-. The van der Waals surface area contributed by atoms with Crippen LogP contribution in [0.1, 0.15) is 20.8 Å². The molecule has 0 N–H and O–H groups in total. The van der Waals surface area contributed by atoms with Crippen LogP contribution in [-0.4, -0.2) is 0 Å². The van der Waals surface area contributed by atoms with Crippen LogP contribution in [0.4, 0.5) is 4.39 Å². The van der Waals surface area contributed by atoms with E-state index >= 15 is 0 Å². The molecule has 0 heterocycles. The molecule has 12 heavy (non-hydrogen) atoms. The molecular formula is C11H13F. The molecule has 0 aromatic heterocycles. The topological polar surface area (TPSA) is 0 Å². The molecule has 0 saturated carbocycles. The first-order valence-electron chi connectivity index (χ1n) is 3.75. The van der Waals surface area contributed by atoms with Crippen molar-refractivity contribution in [2.45, 2.75) is 20.8 Å². The summed E-state index contributed by atoms with van der Waals surface area (Å²) in [6.07, 6.45) is 9.98. The van der Waals surface area contributed by atoms with E-state index in [2.05, 4.69) is 5.92 Å². The van der Waals surface area contributed by atoms with Gasteiger partial charge < -0.3 is 0 Å². The van der Waals surface area contributed by atoms with Gasteiger partial charge in [-0.05, 0) is 26.8 Å². The van der Waals surface area contributed by atoms with Crippen molar-refractivity contribution in [1.82, 2.24) is 0 Å². The normalized spacial score (nSPS) is 14.4. The van der Waals surface area contributed by atoms with Crippen molar-refractivity contribution in [2.24, 2.45) is 0 Å². The highest BCUT2D eigenvalue weighted by Gasteiger charge is 1.91. The van der Waals surface area contributed by atoms with E-state index in [1.807, 2.05) is 19.9 Å². The molecule has 64 valence electrons. The van der Waals surface area contributed by atoms with Crippen LogP contribution in [0, 0.1) is 12.3 Å². The Balaban J connectivity index is 4.50. The summed E-state index contributed by atoms with van der Waals surface area (Å²) in [5, 5.41) is 0. The smallest absolute Gasteiger partial charge is 0.134 e. The summed E-state index contributed by atoms with van der Waals surface area (Å²) < 4.78 is 12.9. The highest BCUT2D eigenvalue weighted by atomic mass is 19.1. The lowest BCUT2D eigenvalue weighted by Gasteiger charge is -1.90. The maximum atomic E-state index is 12.9. The number of hydrogen-bond acceptors (Lipinski definition) is 0. The molecular weight excluding hydrogens is 151 g/mol. The van der Waals surface area contributed by atoms with Crippen molar-refractivity contribution in [3.8, 4) is 12.3 Å². The number of allylic oxidation sites excluding steroid dienone is 6. The largest absolute Gasteiger partial charge is 0.206 e. The fraction of sp³-hybridized carbons (Fsp3) is 0.273. The second kappa shape index (κ2) is 5.37. The Labute approximate surface area is 73.5 Å². The summed E-state index contributed by atoms with van der Waals surface area (Å²) in [6, 6.07) is 0. The maximum Gasteiger partial charge on any atom is 0.134 e. The average Bonchev–Trinajstić information content (AvgIpc) is 2.11. The van der Waals surface area contributed by atoms with Gasteiger partial charge in [0.2, 0.25) is 0 Å². The van der Waals surface area contributed by atoms with Crippen LogP contribution >= 0.6 is 0 Å². The Hall–Kier alpha value is -1.29. The minimum absolute atomic E-state index is 0.329. The lowest BCUT2D eigenvalue weighted by atomic mass is 10.2. The van der Waals surface area contributed by atoms with Gasteiger partial charge >= 0.3 is 0 Å². The van der Waals surface area contributed by atoms with E-state index in [1.165, 1.54) is 6.08 Å². The van der Waals surface area contributed by atoms with E-state index < -0.39 is 0 Å². The van der Waals surface area contributed by atoms with Crippen LogP contribution in [-0.2, 0) is 0 Å². The van der Waals surface area contributed by atoms with Gasteiger partial charge in [0, 0.05) is 5.57 Å². The molecule has 0 nitrogen and oxygen atoms in total. The molecule has 0 radical (unpaired) electrons. The fourth-order valence-corrected chi connectivity index (χ4v) is 0.495. The number of terminal acetylenes is 1. The van der Waals surface area contributed by atoms with Gasteiger partial charge in [0.15, 0.2) is 0 Å². The molecule has 0 atom stereocenters. The van der Waals surface area contributed by atoms with Crippen LogP contribution in [0.2, 0.25) is 0 Å². The van der Waals surface area contributed by atoms with Crippen molar-refractivity contribution < 1.29 is 4.39 Å². The Kier molecular flexibility index (Phi) is 4.79. The first-order chi connectivity index (χ1) is 5.61. The molecule has 0 spiro atoms. The molecule has 0 rings (SSSR count). The number of halogens is 1. The molecule has 0 bridgehead atoms. The van der Waals surface area contributed by atoms with E-state index in [4.69, 9.17) is 6.42 Å². The Morgan fingerprint density at radius 2 is 1.92 bits per heavy atom. The zero-order valence-corrected chi connectivity index (χ0v) is 7.69. The Morgan fingerprint density at radius 3 is 2.33 bits per heavy atom.